The number of esters is 1. The lowest BCUT2D eigenvalue weighted by Gasteiger charge is -2.20. The van der Waals surface area contributed by atoms with Crippen LogP contribution in [0.25, 0.3) is 0 Å². The van der Waals surface area contributed by atoms with E-state index in [1.165, 1.54) is 16.7 Å². The average Bonchev–Trinajstić information content (AvgIpc) is 2.58. The van der Waals surface area contributed by atoms with Crippen molar-refractivity contribution in [2.75, 3.05) is 11.9 Å². The van der Waals surface area contributed by atoms with Crippen LogP contribution in [0.5, 0.6) is 0 Å². The van der Waals surface area contributed by atoms with Crippen molar-refractivity contribution in [3.05, 3.63) is 64.2 Å². The Balaban J connectivity index is 2.05. The minimum atomic E-state index is -0.314. The molecule has 0 fully saturated rings. The molecule has 0 saturated carbocycles. The number of carbonyl (C=O) groups is 1. The van der Waals surface area contributed by atoms with E-state index in [1.54, 1.807) is 19.1 Å². The van der Waals surface area contributed by atoms with Crippen LogP contribution in [0, 0.1) is 20.8 Å². The summed E-state index contributed by atoms with van der Waals surface area (Å²) in [5.74, 6) is -0.314. The number of benzene rings is 2. The topological polar surface area (TPSA) is 50.4 Å². The molecule has 1 atom stereocenters. The van der Waals surface area contributed by atoms with Gasteiger partial charge in [-0.05, 0) is 81.7 Å². The number of hydrogen-bond acceptors (Lipinski definition) is 3. The molecule has 2 rings (SSSR count). The molecule has 2 N–H and O–H groups in total. The van der Waals surface area contributed by atoms with E-state index in [1.807, 2.05) is 13.0 Å². The van der Waals surface area contributed by atoms with E-state index >= 15 is 0 Å². The van der Waals surface area contributed by atoms with Crippen LogP contribution >= 0.6 is 12.2 Å². The maximum atomic E-state index is 11.8. The van der Waals surface area contributed by atoms with Gasteiger partial charge in [0.05, 0.1) is 18.2 Å². The first-order valence-corrected chi connectivity index (χ1v) is 9.15. The zero-order chi connectivity index (χ0) is 19.3. The van der Waals surface area contributed by atoms with E-state index in [0.717, 1.165) is 11.3 Å². The minimum absolute atomic E-state index is 0.0917. The van der Waals surface area contributed by atoms with Crippen LogP contribution < -0.4 is 10.6 Å². The number of hydrogen-bond donors (Lipinski definition) is 2. The molecule has 2 aromatic carbocycles. The molecule has 0 aliphatic rings. The Morgan fingerprint density at radius 3 is 2.50 bits per heavy atom. The normalized spacial score (nSPS) is 11.6. The standard InChI is InChI=1S/C21H26N2O2S/c1-6-25-20(24)17-9-10-19(15(4)12-17)23-21(26)22-16(5)18-11-13(2)7-8-14(18)3/h7-12,16H,6H2,1-5H3,(H2,22,23,26)/t16-/m1/s1. The van der Waals surface area contributed by atoms with Gasteiger partial charge in [-0.25, -0.2) is 4.79 Å². The lowest BCUT2D eigenvalue weighted by molar-refractivity contribution is 0.0526. The Hall–Kier alpha value is -2.40. The molecular formula is C21H26N2O2S. The fourth-order valence-corrected chi connectivity index (χ4v) is 3.09. The second kappa shape index (κ2) is 8.81. The van der Waals surface area contributed by atoms with E-state index < -0.39 is 0 Å². The molecule has 0 amide bonds. The highest BCUT2D eigenvalue weighted by molar-refractivity contribution is 7.80. The van der Waals surface area contributed by atoms with Crippen molar-refractivity contribution in [3.8, 4) is 0 Å². The number of thiocarbonyl (C=S) groups is 1. The predicted molar refractivity (Wildman–Crippen MR) is 111 cm³/mol. The van der Waals surface area contributed by atoms with Gasteiger partial charge in [-0.1, -0.05) is 23.8 Å². The minimum Gasteiger partial charge on any atom is -0.462 e. The van der Waals surface area contributed by atoms with E-state index in [4.69, 9.17) is 17.0 Å². The number of anilines is 1. The van der Waals surface area contributed by atoms with Crippen molar-refractivity contribution in [1.82, 2.24) is 5.32 Å². The summed E-state index contributed by atoms with van der Waals surface area (Å²) in [6, 6.07) is 11.9. The van der Waals surface area contributed by atoms with Crippen LogP contribution in [0.2, 0.25) is 0 Å². The van der Waals surface area contributed by atoms with E-state index in [9.17, 15) is 4.79 Å². The summed E-state index contributed by atoms with van der Waals surface area (Å²) in [5.41, 5.74) is 6.01. The van der Waals surface area contributed by atoms with Crippen molar-refractivity contribution in [2.24, 2.45) is 0 Å². The van der Waals surface area contributed by atoms with Crippen LogP contribution in [-0.4, -0.2) is 17.7 Å². The van der Waals surface area contributed by atoms with Crippen LogP contribution in [0.1, 0.15) is 52.5 Å². The van der Waals surface area contributed by atoms with Crippen LogP contribution in [0.3, 0.4) is 0 Å². The second-order valence-electron chi connectivity index (χ2n) is 6.43. The molecule has 0 radical (unpaired) electrons. The Morgan fingerprint density at radius 1 is 1.12 bits per heavy atom. The lowest BCUT2D eigenvalue weighted by atomic mass is 10.0. The number of nitrogens with one attached hydrogen (secondary N) is 2. The van der Waals surface area contributed by atoms with E-state index in [-0.39, 0.29) is 12.0 Å². The Bertz CT molecular complexity index is 818. The number of aryl methyl sites for hydroxylation is 3. The van der Waals surface area contributed by atoms with Crippen LogP contribution in [0.4, 0.5) is 5.69 Å². The van der Waals surface area contributed by atoms with Gasteiger partial charge in [-0.2, -0.15) is 0 Å². The molecule has 26 heavy (non-hydrogen) atoms. The van der Waals surface area contributed by atoms with Gasteiger partial charge in [-0.15, -0.1) is 0 Å². The van der Waals surface area contributed by atoms with Crippen LogP contribution in [0.15, 0.2) is 36.4 Å². The number of ether oxygens (including phenoxy) is 1. The van der Waals surface area contributed by atoms with Gasteiger partial charge >= 0.3 is 5.97 Å². The Kier molecular flexibility index (Phi) is 6.75. The third-order valence-corrected chi connectivity index (χ3v) is 4.45. The Labute approximate surface area is 161 Å². The summed E-state index contributed by atoms with van der Waals surface area (Å²) < 4.78 is 5.03. The molecule has 0 heterocycles. The molecule has 4 nitrogen and oxygen atoms in total. The van der Waals surface area contributed by atoms with Crippen molar-refractivity contribution in [1.29, 1.82) is 0 Å². The van der Waals surface area contributed by atoms with Crippen LogP contribution in [-0.2, 0) is 4.74 Å². The molecule has 0 aliphatic carbocycles. The summed E-state index contributed by atoms with van der Waals surface area (Å²) in [6.45, 7) is 10.4. The summed E-state index contributed by atoms with van der Waals surface area (Å²) in [4.78, 5) is 11.8. The number of rotatable bonds is 5. The largest absolute Gasteiger partial charge is 0.462 e. The predicted octanol–water partition coefficient (Wildman–Crippen LogP) is 4.84. The molecule has 138 valence electrons. The highest BCUT2D eigenvalue weighted by Gasteiger charge is 2.12. The van der Waals surface area contributed by atoms with Gasteiger partial charge in [0.1, 0.15) is 0 Å². The quantitative estimate of drug-likeness (QED) is 0.583. The van der Waals surface area contributed by atoms with E-state index in [2.05, 4.69) is 49.6 Å². The fourth-order valence-electron chi connectivity index (χ4n) is 2.80. The number of carbonyl (C=O) groups excluding carboxylic acids is 1. The molecule has 2 aromatic rings. The summed E-state index contributed by atoms with van der Waals surface area (Å²) in [5, 5.41) is 7.08. The van der Waals surface area contributed by atoms with Crippen molar-refractivity contribution < 1.29 is 9.53 Å². The van der Waals surface area contributed by atoms with Gasteiger partial charge in [0.15, 0.2) is 5.11 Å². The molecule has 0 spiro atoms. The second-order valence-corrected chi connectivity index (χ2v) is 6.84. The first-order valence-electron chi connectivity index (χ1n) is 8.74. The molecule has 0 saturated heterocycles. The molecule has 0 unspecified atom stereocenters. The smallest absolute Gasteiger partial charge is 0.338 e. The maximum absolute atomic E-state index is 11.8. The van der Waals surface area contributed by atoms with Gasteiger partial charge in [-0.3, -0.25) is 0 Å². The average molecular weight is 371 g/mol. The fraction of sp³-hybridized carbons (Fsp3) is 0.333. The first-order chi connectivity index (χ1) is 12.3. The first kappa shape index (κ1) is 19.9. The molecule has 0 aromatic heterocycles. The SMILES string of the molecule is CCOC(=O)c1ccc(NC(=S)N[C@H](C)c2cc(C)ccc2C)c(C)c1. The van der Waals surface area contributed by atoms with Gasteiger partial charge < -0.3 is 15.4 Å². The molecular weight excluding hydrogens is 344 g/mol. The molecule has 0 aliphatic heterocycles. The monoisotopic (exact) mass is 370 g/mol. The highest BCUT2D eigenvalue weighted by Crippen LogP contribution is 2.20. The maximum Gasteiger partial charge on any atom is 0.338 e. The molecule has 5 heteroatoms. The zero-order valence-corrected chi connectivity index (χ0v) is 16.8. The van der Waals surface area contributed by atoms with Crippen molar-refractivity contribution >= 4 is 29.0 Å². The van der Waals surface area contributed by atoms with E-state index in [0.29, 0.717) is 17.3 Å². The Morgan fingerprint density at radius 2 is 1.85 bits per heavy atom. The van der Waals surface area contributed by atoms with Gasteiger partial charge in [0.25, 0.3) is 0 Å². The highest BCUT2D eigenvalue weighted by atomic mass is 32.1. The van der Waals surface area contributed by atoms with Gasteiger partial charge in [0.2, 0.25) is 0 Å². The van der Waals surface area contributed by atoms with Crippen molar-refractivity contribution in [3.63, 3.8) is 0 Å². The van der Waals surface area contributed by atoms with Gasteiger partial charge in [0, 0.05) is 5.69 Å². The summed E-state index contributed by atoms with van der Waals surface area (Å²) in [7, 11) is 0. The zero-order valence-electron chi connectivity index (χ0n) is 16.0. The summed E-state index contributed by atoms with van der Waals surface area (Å²) >= 11 is 5.46. The lowest BCUT2D eigenvalue weighted by Crippen LogP contribution is -2.31. The third-order valence-electron chi connectivity index (χ3n) is 4.23. The summed E-state index contributed by atoms with van der Waals surface area (Å²) in [6.07, 6.45) is 0. The third kappa shape index (κ3) is 5.05. The molecule has 0 bridgehead atoms. The van der Waals surface area contributed by atoms with Crippen molar-refractivity contribution in [2.45, 2.75) is 40.7 Å².